The number of rotatable bonds is 3. The molecule has 0 unspecified atom stereocenters. The van der Waals surface area contributed by atoms with Gasteiger partial charge in [0.05, 0.1) is 31.4 Å². The van der Waals surface area contributed by atoms with Crippen LogP contribution >= 0.6 is 11.6 Å². The number of aryl methyl sites for hydroxylation is 1. The molecule has 0 aliphatic carbocycles. The van der Waals surface area contributed by atoms with Crippen LogP contribution in [0.25, 0.3) is 0 Å². The highest BCUT2D eigenvalue weighted by atomic mass is 35.5. The number of benzene rings is 2. The topological polar surface area (TPSA) is 39.7 Å². The zero-order chi connectivity index (χ0) is 18.3. The number of fused-ring (bicyclic) bond motifs is 3. The van der Waals surface area contributed by atoms with Gasteiger partial charge >= 0.3 is 0 Å². The molecule has 4 nitrogen and oxygen atoms in total. The molecule has 0 aromatic heterocycles. The van der Waals surface area contributed by atoms with Crippen LogP contribution in [0.15, 0.2) is 30.3 Å². The van der Waals surface area contributed by atoms with Gasteiger partial charge < -0.3 is 19.5 Å². The van der Waals surface area contributed by atoms with Crippen LogP contribution in [-0.2, 0) is 4.74 Å². The molecule has 0 bridgehead atoms. The van der Waals surface area contributed by atoms with E-state index in [-0.39, 0.29) is 12.1 Å². The number of nitrogens with one attached hydrogen (secondary N) is 1. The van der Waals surface area contributed by atoms with Crippen molar-refractivity contribution in [1.29, 1.82) is 0 Å². The van der Waals surface area contributed by atoms with Crippen LogP contribution in [0, 0.1) is 12.8 Å². The van der Waals surface area contributed by atoms with Crippen LogP contribution in [0.1, 0.15) is 41.7 Å². The third-order valence-corrected chi connectivity index (χ3v) is 5.72. The SMILES string of the molecule is COc1cc([C@@H]2Nc3ccc(C)cc3[C@@H]3OCCC[C@H]23)cc(Cl)c1OC. The first-order valence-corrected chi connectivity index (χ1v) is 9.40. The first-order chi connectivity index (χ1) is 12.6. The number of methoxy groups -OCH3 is 2. The second-order valence-electron chi connectivity index (χ2n) is 7.05. The minimum Gasteiger partial charge on any atom is -0.493 e. The summed E-state index contributed by atoms with van der Waals surface area (Å²) in [6.07, 6.45) is 2.29. The molecule has 2 aliphatic heterocycles. The van der Waals surface area contributed by atoms with Gasteiger partial charge in [0.2, 0.25) is 0 Å². The average molecular weight is 374 g/mol. The van der Waals surface area contributed by atoms with E-state index >= 15 is 0 Å². The van der Waals surface area contributed by atoms with Crippen LogP contribution in [0.5, 0.6) is 11.5 Å². The molecule has 1 saturated heterocycles. The van der Waals surface area contributed by atoms with E-state index in [4.69, 9.17) is 25.8 Å². The van der Waals surface area contributed by atoms with E-state index < -0.39 is 0 Å². The van der Waals surface area contributed by atoms with Gasteiger partial charge in [0.25, 0.3) is 0 Å². The average Bonchev–Trinajstić information content (AvgIpc) is 2.66. The zero-order valence-electron chi connectivity index (χ0n) is 15.3. The lowest BCUT2D eigenvalue weighted by molar-refractivity contribution is -0.0381. The monoisotopic (exact) mass is 373 g/mol. The Bertz CT molecular complexity index is 823. The summed E-state index contributed by atoms with van der Waals surface area (Å²) < 4.78 is 17.1. The second-order valence-corrected chi connectivity index (χ2v) is 7.46. The van der Waals surface area contributed by atoms with Gasteiger partial charge in [0, 0.05) is 23.8 Å². The maximum atomic E-state index is 6.46. The molecule has 2 aliphatic rings. The highest BCUT2D eigenvalue weighted by Crippen LogP contribution is 2.50. The number of ether oxygens (including phenoxy) is 3. The van der Waals surface area contributed by atoms with Crippen molar-refractivity contribution in [3.63, 3.8) is 0 Å². The number of hydrogen-bond acceptors (Lipinski definition) is 4. The Hall–Kier alpha value is -1.91. The normalized spacial score (nSPS) is 24.2. The van der Waals surface area contributed by atoms with Gasteiger partial charge in [-0.25, -0.2) is 0 Å². The van der Waals surface area contributed by atoms with Crippen molar-refractivity contribution in [3.8, 4) is 11.5 Å². The summed E-state index contributed by atoms with van der Waals surface area (Å²) >= 11 is 6.46. The number of hydrogen-bond donors (Lipinski definition) is 1. The van der Waals surface area contributed by atoms with Crippen molar-refractivity contribution in [1.82, 2.24) is 0 Å². The van der Waals surface area contributed by atoms with Crippen molar-refractivity contribution in [3.05, 3.63) is 52.0 Å². The van der Waals surface area contributed by atoms with E-state index in [1.165, 1.54) is 11.1 Å². The predicted octanol–water partition coefficient (Wildman–Crippen LogP) is 5.30. The standard InChI is InChI=1S/C21H24ClNO3/c1-12-6-7-17-15(9-12)20-14(5-4-8-26-20)19(23-17)13-10-16(22)21(25-3)18(11-13)24-2/h6-7,9-11,14,19-20,23H,4-5,8H2,1-3H3/t14-,19+,20-/m1/s1. The first-order valence-electron chi connectivity index (χ1n) is 9.02. The van der Waals surface area contributed by atoms with Crippen LogP contribution in [0.3, 0.4) is 0 Å². The minimum atomic E-state index is 0.108. The van der Waals surface area contributed by atoms with Gasteiger partial charge in [-0.1, -0.05) is 29.3 Å². The van der Waals surface area contributed by atoms with Gasteiger partial charge in [0.15, 0.2) is 11.5 Å². The van der Waals surface area contributed by atoms with Crippen molar-refractivity contribution >= 4 is 17.3 Å². The van der Waals surface area contributed by atoms with E-state index in [0.717, 1.165) is 30.7 Å². The Morgan fingerprint density at radius 3 is 2.77 bits per heavy atom. The summed E-state index contributed by atoms with van der Waals surface area (Å²) in [5, 5.41) is 4.28. The fourth-order valence-corrected chi connectivity index (χ4v) is 4.53. The third kappa shape index (κ3) is 2.91. The Morgan fingerprint density at radius 2 is 2.00 bits per heavy atom. The summed E-state index contributed by atoms with van der Waals surface area (Å²) in [5.74, 6) is 1.58. The predicted molar refractivity (Wildman–Crippen MR) is 104 cm³/mol. The quantitative estimate of drug-likeness (QED) is 0.792. The number of anilines is 1. The lowest BCUT2D eigenvalue weighted by atomic mass is 9.77. The zero-order valence-corrected chi connectivity index (χ0v) is 16.1. The van der Waals surface area contributed by atoms with Crippen LogP contribution in [0.4, 0.5) is 5.69 Å². The molecule has 3 atom stereocenters. The van der Waals surface area contributed by atoms with Crippen molar-refractivity contribution in [2.24, 2.45) is 5.92 Å². The van der Waals surface area contributed by atoms with Crippen molar-refractivity contribution in [2.45, 2.75) is 31.9 Å². The van der Waals surface area contributed by atoms with Gasteiger partial charge in [-0.2, -0.15) is 0 Å². The van der Waals surface area contributed by atoms with Gasteiger partial charge in [-0.15, -0.1) is 0 Å². The van der Waals surface area contributed by atoms with Crippen molar-refractivity contribution in [2.75, 3.05) is 26.1 Å². The van der Waals surface area contributed by atoms with Gasteiger partial charge in [-0.05, 0) is 43.5 Å². The van der Waals surface area contributed by atoms with Crippen molar-refractivity contribution < 1.29 is 14.2 Å². The molecule has 4 rings (SSSR count). The molecule has 1 fully saturated rings. The molecule has 26 heavy (non-hydrogen) atoms. The molecule has 2 aromatic rings. The maximum Gasteiger partial charge on any atom is 0.179 e. The molecule has 2 aromatic carbocycles. The molecule has 1 N–H and O–H groups in total. The van der Waals surface area contributed by atoms with Gasteiger partial charge in [-0.3, -0.25) is 0 Å². The lowest BCUT2D eigenvalue weighted by Crippen LogP contribution is -2.36. The summed E-state index contributed by atoms with van der Waals surface area (Å²) in [4.78, 5) is 0. The molecule has 138 valence electrons. The van der Waals surface area contributed by atoms with E-state index in [1.54, 1.807) is 14.2 Å². The fourth-order valence-electron chi connectivity index (χ4n) is 4.24. The molecular formula is C21H24ClNO3. The smallest absolute Gasteiger partial charge is 0.179 e. The highest BCUT2D eigenvalue weighted by Gasteiger charge is 2.40. The van der Waals surface area contributed by atoms with Crippen LogP contribution in [0.2, 0.25) is 5.02 Å². The molecule has 2 heterocycles. The summed E-state index contributed by atoms with van der Waals surface area (Å²) in [5.41, 5.74) is 4.75. The van der Waals surface area contributed by atoms with Gasteiger partial charge in [0.1, 0.15) is 0 Å². The molecule has 0 saturated carbocycles. The highest BCUT2D eigenvalue weighted by molar-refractivity contribution is 6.32. The van der Waals surface area contributed by atoms with E-state index in [9.17, 15) is 0 Å². The summed E-state index contributed by atoms with van der Waals surface area (Å²) in [6.45, 7) is 2.94. The fraction of sp³-hybridized carbons (Fsp3) is 0.429. The van der Waals surface area contributed by atoms with E-state index in [0.29, 0.717) is 22.4 Å². The summed E-state index contributed by atoms with van der Waals surface area (Å²) in [6, 6.07) is 10.6. The first kappa shape index (κ1) is 17.5. The molecule has 5 heteroatoms. The summed E-state index contributed by atoms with van der Waals surface area (Å²) in [7, 11) is 3.24. The molecule has 0 amide bonds. The van der Waals surface area contributed by atoms with E-state index in [2.05, 4.69) is 30.4 Å². The molecule has 0 spiro atoms. The molecular weight excluding hydrogens is 350 g/mol. The number of halogens is 1. The second kappa shape index (κ2) is 7.01. The van der Waals surface area contributed by atoms with Crippen LogP contribution < -0.4 is 14.8 Å². The lowest BCUT2D eigenvalue weighted by Gasteiger charge is -2.43. The molecule has 0 radical (unpaired) electrons. The third-order valence-electron chi connectivity index (χ3n) is 5.44. The Kier molecular flexibility index (Phi) is 4.72. The Balaban J connectivity index is 1.79. The van der Waals surface area contributed by atoms with Crippen LogP contribution in [-0.4, -0.2) is 20.8 Å². The Morgan fingerprint density at radius 1 is 1.15 bits per heavy atom. The minimum absolute atomic E-state index is 0.108. The largest absolute Gasteiger partial charge is 0.493 e. The Labute approximate surface area is 159 Å². The maximum absolute atomic E-state index is 6.46. The van der Waals surface area contributed by atoms with E-state index in [1.807, 2.05) is 12.1 Å².